The summed E-state index contributed by atoms with van der Waals surface area (Å²) in [5.74, 6) is -0.708. The topological polar surface area (TPSA) is 189 Å². The summed E-state index contributed by atoms with van der Waals surface area (Å²) < 4.78 is 18.3. The molecule has 1 aliphatic rings. The molecule has 1 aliphatic heterocycles. The van der Waals surface area contributed by atoms with Crippen molar-refractivity contribution in [3.8, 4) is 0 Å². The number of nitrogen functional groups attached to an aromatic ring is 2. The number of aromatic nitrogens is 4. The van der Waals surface area contributed by atoms with Crippen molar-refractivity contribution in [2.75, 3.05) is 42.9 Å². The van der Waals surface area contributed by atoms with E-state index in [2.05, 4.69) is 30.0 Å². The number of amides is 1. The highest BCUT2D eigenvalue weighted by molar-refractivity contribution is 7.99. The van der Waals surface area contributed by atoms with E-state index in [9.17, 15) is 14.4 Å². The van der Waals surface area contributed by atoms with E-state index in [1.54, 1.807) is 30.0 Å². The molecule has 200 valence electrons. The molecular weight excluding hydrogens is 512 g/mol. The lowest BCUT2D eigenvalue weighted by atomic mass is 10.1. The molecule has 3 aromatic rings. The monoisotopic (exact) mass is 542 g/mol. The fourth-order valence-corrected chi connectivity index (χ4v) is 4.94. The smallest absolute Gasteiger partial charge is 0.328 e. The van der Waals surface area contributed by atoms with Gasteiger partial charge in [0.25, 0.3) is 5.91 Å². The van der Waals surface area contributed by atoms with E-state index in [0.29, 0.717) is 30.0 Å². The van der Waals surface area contributed by atoms with Crippen LogP contribution in [0.5, 0.6) is 0 Å². The van der Waals surface area contributed by atoms with Crippen molar-refractivity contribution in [2.24, 2.45) is 0 Å². The number of ether oxygens (including phenoxy) is 2. The molecule has 0 saturated carbocycles. The summed E-state index contributed by atoms with van der Waals surface area (Å²) in [5, 5.41) is 2.69. The number of nitrogens with one attached hydrogen (secondary N) is 1. The summed E-state index contributed by atoms with van der Waals surface area (Å²) >= 11 is 1.55. The molecule has 5 N–H and O–H groups in total. The lowest BCUT2D eigenvalue weighted by Gasteiger charge is -2.31. The maximum Gasteiger partial charge on any atom is 0.328 e. The number of benzene rings is 1. The molecule has 13 nitrogen and oxygen atoms in total. The Morgan fingerprint density at radius 3 is 2.79 bits per heavy atom. The Morgan fingerprint density at radius 1 is 1.21 bits per heavy atom. The number of hydrogen-bond acceptors (Lipinski definition) is 13. The number of rotatable bonds is 9. The van der Waals surface area contributed by atoms with Crippen LogP contribution >= 0.6 is 11.8 Å². The Bertz CT molecular complexity index is 1410. The Labute approximate surface area is 224 Å². The first-order valence-corrected chi connectivity index (χ1v) is 12.7. The highest BCUT2D eigenvalue weighted by Gasteiger charge is 2.24. The molecule has 0 aliphatic carbocycles. The summed E-state index contributed by atoms with van der Waals surface area (Å²) in [6.45, 7) is -0.341. The van der Waals surface area contributed by atoms with Crippen molar-refractivity contribution in [3.05, 3.63) is 35.7 Å². The number of carbonyl (C=O) groups is 3. The number of esters is 2. The Morgan fingerprint density at radius 2 is 2.03 bits per heavy atom. The van der Waals surface area contributed by atoms with Gasteiger partial charge in [-0.05, 0) is 31.0 Å². The summed E-state index contributed by atoms with van der Waals surface area (Å²) in [4.78, 5) is 55.9. The van der Waals surface area contributed by atoms with E-state index < -0.39 is 30.4 Å². The second kappa shape index (κ2) is 11.9. The minimum absolute atomic E-state index is 0.00889. The maximum absolute atomic E-state index is 13.0. The van der Waals surface area contributed by atoms with Crippen molar-refractivity contribution >= 4 is 58.2 Å². The zero-order valence-corrected chi connectivity index (χ0v) is 21.7. The Kier molecular flexibility index (Phi) is 7.97. The minimum Gasteiger partial charge on any atom is -0.469 e. The molecular formula is C24H28N8O5S. The second-order valence-electron chi connectivity index (χ2n) is 8.31. The number of carbonyl (C=O) groups excluding carboxylic acids is 3. The van der Waals surface area contributed by atoms with Crippen molar-refractivity contribution < 1.29 is 25.2 Å². The van der Waals surface area contributed by atoms with Gasteiger partial charge in [-0.2, -0.15) is 9.97 Å². The molecule has 1 amide bonds. The standard InChI is InChI=1S/C24H28N8O5S/c1-36-18(33)5-3-4-15(23(35)37-2)29-22(34)13-6-7-16-17(10-13)38-9-8-32(16)12-14-11-27-21-19(28-14)20(25)30-24(26)31-21/h6-7,10-11,15H,3-5,8-9,12H2,1-2H3,(H,29,34)(H4,25,26,27,30,31)/i12T. The highest BCUT2D eigenvalue weighted by Crippen LogP contribution is 2.36. The van der Waals surface area contributed by atoms with Gasteiger partial charge in [0.1, 0.15) is 6.04 Å². The third kappa shape index (κ3) is 6.19. The minimum atomic E-state index is -0.914. The van der Waals surface area contributed by atoms with E-state index >= 15 is 0 Å². The maximum atomic E-state index is 13.0. The van der Waals surface area contributed by atoms with Crippen LogP contribution in [0.4, 0.5) is 17.5 Å². The molecule has 2 atom stereocenters. The van der Waals surface area contributed by atoms with Crippen molar-refractivity contribution in [2.45, 2.75) is 36.7 Å². The van der Waals surface area contributed by atoms with Gasteiger partial charge in [0, 0.05) is 29.2 Å². The molecule has 0 bridgehead atoms. The number of thioether (sulfide) groups is 1. The Balaban J connectivity index is 1.51. The number of fused-ring (bicyclic) bond motifs is 2. The van der Waals surface area contributed by atoms with Crippen LogP contribution in [0.15, 0.2) is 29.3 Å². The van der Waals surface area contributed by atoms with E-state index in [0.717, 1.165) is 10.6 Å². The molecule has 14 heteroatoms. The third-order valence-electron chi connectivity index (χ3n) is 5.77. The first kappa shape index (κ1) is 25.4. The molecule has 0 spiro atoms. The first-order chi connectivity index (χ1) is 18.7. The summed E-state index contributed by atoms with van der Waals surface area (Å²) in [5.41, 5.74) is 13.5. The van der Waals surface area contributed by atoms with Crippen molar-refractivity contribution in [1.82, 2.24) is 25.3 Å². The summed E-state index contributed by atoms with van der Waals surface area (Å²) in [7, 11) is 2.52. The average molecular weight is 543 g/mol. The van der Waals surface area contributed by atoms with Gasteiger partial charge in [0.15, 0.2) is 17.0 Å². The molecule has 0 fully saturated rings. The van der Waals surface area contributed by atoms with Gasteiger partial charge in [-0.3, -0.25) is 9.59 Å². The van der Waals surface area contributed by atoms with Gasteiger partial charge in [-0.25, -0.2) is 14.8 Å². The molecule has 0 saturated heterocycles. The lowest BCUT2D eigenvalue weighted by Crippen LogP contribution is -2.41. The molecule has 2 aromatic heterocycles. The van der Waals surface area contributed by atoms with Gasteiger partial charge in [0.05, 0.1) is 39.7 Å². The van der Waals surface area contributed by atoms with Gasteiger partial charge in [-0.15, -0.1) is 11.8 Å². The molecule has 38 heavy (non-hydrogen) atoms. The van der Waals surface area contributed by atoms with Crippen LogP contribution in [0.25, 0.3) is 11.2 Å². The fraction of sp³-hybridized carbons (Fsp3) is 0.375. The van der Waals surface area contributed by atoms with E-state index in [4.69, 9.17) is 17.6 Å². The second-order valence-corrected chi connectivity index (χ2v) is 9.44. The summed E-state index contributed by atoms with van der Waals surface area (Å²) in [6, 6.07) is 4.19. The van der Waals surface area contributed by atoms with Gasteiger partial charge in [-0.1, -0.05) is 0 Å². The van der Waals surface area contributed by atoms with Crippen LogP contribution in [-0.4, -0.2) is 70.3 Å². The lowest BCUT2D eigenvalue weighted by molar-refractivity contribution is -0.144. The van der Waals surface area contributed by atoms with Crippen LogP contribution < -0.4 is 21.7 Å². The quantitative estimate of drug-likeness (QED) is 0.329. The van der Waals surface area contributed by atoms with Crippen LogP contribution in [0.2, 0.25) is 0 Å². The number of anilines is 3. The predicted molar refractivity (Wildman–Crippen MR) is 141 cm³/mol. The van der Waals surface area contributed by atoms with E-state index in [1.807, 2.05) is 4.90 Å². The largest absolute Gasteiger partial charge is 0.469 e. The fourth-order valence-electron chi connectivity index (χ4n) is 3.88. The number of nitrogens with zero attached hydrogens (tertiary/aromatic N) is 5. The highest BCUT2D eigenvalue weighted by atomic mass is 32.2. The molecule has 2 unspecified atom stereocenters. The number of hydrogen-bond donors (Lipinski definition) is 3. The zero-order valence-electron chi connectivity index (χ0n) is 21.8. The molecule has 3 heterocycles. The van der Waals surface area contributed by atoms with Gasteiger partial charge in [0.2, 0.25) is 5.95 Å². The third-order valence-corrected chi connectivity index (χ3v) is 6.80. The molecule has 0 radical (unpaired) electrons. The van der Waals surface area contributed by atoms with Crippen molar-refractivity contribution in [1.29, 1.82) is 0 Å². The van der Waals surface area contributed by atoms with Crippen LogP contribution in [0.1, 0.15) is 36.7 Å². The molecule has 1 aromatic carbocycles. The van der Waals surface area contributed by atoms with E-state index in [1.165, 1.54) is 20.4 Å². The van der Waals surface area contributed by atoms with Crippen molar-refractivity contribution in [3.63, 3.8) is 0 Å². The number of methoxy groups -OCH3 is 2. The SMILES string of the molecule is [3H]C(c1cnc2nc(N)nc(N)c2n1)N1CCSc2cc(C(=O)NC(CCCC(=O)OC)C(=O)OC)ccc21. The van der Waals surface area contributed by atoms with Gasteiger partial charge < -0.3 is 31.2 Å². The predicted octanol–water partition coefficient (Wildman–Crippen LogP) is 1.31. The summed E-state index contributed by atoms with van der Waals surface area (Å²) in [6.07, 6.45) is 2.14. The van der Waals surface area contributed by atoms with E-state index in [-0.39, 0.29) is 35.8 Å². The van der Waals surface area contributed by atoms with Gasteiger partial charge >= 0.3 is 11.9 Å². The molecule has 4 rings (SSSR count). The Hall–Kier alpha value is -4.20. The first-order valence-electron chi connectivity index (χ1n) is 12.3. The number of nitrogens with two attached hydrogens (primary N) is 2. The van der Waals surface area contributed by atoms with Crippen LogP contribution in [0, 0.1) is 0 Å². The van der Waals surface area contributed by atoms with Crippen LogP contribution in [-0.2, 0) is 25.6 Å². The normalized spacial score (nSPS) is 14.7. The van der Waals surface area contributed by atoms with Crippen LogP contribution in [0.3, 0.4) is 0 Å². The average Bonchev–Trinajstić information content (AvgIpc) is 2.94. The zero-order chi connectivity index (χ0) is 28.1.